The molecule has 1 aliphatic rings. The van der Waals surface area contributed by atoms with Crippen molar-refractivity contribution in [3.05, 3.63) is 53.1 Å². The molecule has 0 aliphatic carbocycles. The van der Waals surface area contributed by atoms with Gasteiger partial charge in [-0.25, -0.2) is 9.78 Å². The third kappa shape index (κ3) is 3.73. The van der Waals surface area contributed by atoms with Crippen LogP contribution in [0, 0.1) is 0 Å². The van der Waals surface area contributed by atoms with Crippen molar-refractivity contribution in [1.29, 1.82) is 0 Å². The maximum atomic E-state index is 12.6. The van der Waals surface area contributed by atoms with E-state index in [0.717, 1.165) is 5.56 Å². The largest absolute Gasteiger partial charge is 0.468 e. The normalized spacial score (nSPS) is 16.3. The summed E-state index contributed by atoms with van der Waals surface area (Å²) in [6.45, 7) is 2.14. The van der Waals surface area contributed by atoms with Gasteiger partial charge in [0.1, 0.15) is 6.04 Å². The maximum absolute atomic E-state index is 12.6. The molecule has 0 N–H and O–H groups in total. The number of methoxy groups -OCH3 is 1. The fourth-order valence-electron chi connectivity index (χ4n) is 3.18. The lowest BCUT2D eigenvalue weighted by molar-refractivity contribution is -0.148. The van der Waals surface area contributed by atoms with E-state index in [4.69, 9.17) is 16.3 Å². The summed E-state index contributed by atoms with van der Waals surface area (Å²) in [7, 11) is 3.17. The summed E-state index contributed by atoms with van der Waals surface area (Å²) in [5, 5.41) is 0.569. The van der Waals surface area contributed by atoms with Crippen molar-refractivity contribution in [2.45, 2.75) is 6.04 Å². The average Bonchev–Trinajstić information content (AvgIpc) is 3.08. The van der Waals surface area contributed by atoms with Crippen LogP contribution in [0.5, 0.6) is 0 Å². The highest BCUT2D eigenvalue weighted by Crippen LogP contribution is 2.26. The third-order valence-electron chi connectivity index (χ3n) is 4.57. The lowest BCUT2D eigenvalue weighted by atomic mass is 10.0. The number of hydrogen-bond donors (Lipinski definition) is 0. The zero-order valence-electron chi connectivity index (χ0n) is 14.8. The fourth-order valence-corrected chi connectivity index (χ4v) is 3.38. The van der Waals surface area contributed by atoms with Crippen molar-refractivity contribution in [1.82, 2.24) is 19.4 Å². The van der Waals surface area contributed by atoms with Gasteiger partial charge in [-0.1, -0.05) is 23.7 Å². The summed E-state index contributed by atoms with van der Waals surface area (Å²) in [4.78, 5) is 32.8. The molecule has 1 atom stereocenters. The molecular formula is C18H21ClN4O3. The van der Waals surface area contributed by atoms with Crippen molar-refractivity contribution in [2.24, 2.45) is 7.05 Å². The molecule has 0 spiro atoms. The number of esters is 1. The van der Waals surface area contributed by atoms with E-state index >= 15 is 0 Å². The molecule has 138 valence electrons. The molecule has 3 rings (SSSR count). The predicted molar refractivity (Wildman–Crippen MR) is 96.9 cm³/mol. The number of hydrogen-bond acceptors (Lipinski definition) is 5. The Morgan fingerprint density at radius 1 is 1.23 bits per heavy atom. The highest BCUT2D eigenvalue weighted by molar-refractivity contribution is 6.30. The second kappa shape index (κ2) is 7.88. The van der Waals surface area contributed by atoms with Gasteiger partial charge in [-0.15, -0.1) is 0 Å². The number of carbonyl (C=O) groups excluding carboxylic acids is 2. The lowest BCUT2D eigenvalue weighted by Crippen LogP contribution is -2.51. The van der Waals surface area contributed by atoms with E-state index in [-0.39, 0.29) is 11.9 Å². The van der Waals surface area contributed by atoms with Gasteiger partial charge in [-0.3, -0.25) is 9.69 Å². The maximum Gasteiger partial charge on any atom is 0.327 e. The first kappa shape index (κ1) is 18.4. The Balaban J connectivity index is 1.73. The number of aromatic nitrogens is 2. The average molecular weight is 377 g/mol. The van der Waals surface area contributed by atoms with Crippen molar-refractivity contribution >= 4 is 23.5 Å². The molecule has 0 radical (unpaired) electrons. The molecule has 0 bridgehead atoms. The number of halogens is 1. The number of piperazine rings is 1. The van der Waals surface area contributed by atoms with E-state index in [1.165, 1.54) is 7.11 Å². The van der Waals surface area contributed by atoms with E-state index in [1.807, 2.05) is 17.0 Å². The van der Waals surface area contributed by atoms with Crippen LogP contribution in [0.2, 0.25) is 5.02 Å². The highest BCUT2D eigenvalue weighted by atomic mass is 35.5. The molecule has 1 aromatic heterocycles. The van der Waals surface area contributed by atoms with Crippen LogP contribution in [-0.2, 0) is 16.6 Å². The summed E-state index contributed by atoms with van der Waals surface area (Å²) in [6.07, 6.45) is 3.35. The minimum atomic E-state index is -0.538. The number of rotatable bonds is 4. The quantitative estimate of drug-likeness (QED) is 0.760. The first-order chi connectivity index (χ1) is 12.5. The number of nitrogens with zero attached hydrogens (tertiary/aromatic N) is 4. The molecule has 1 amide bonds. The lowest BCUT2D eigenvalue weighted by Gasteiger charge is -2.38. The first-order valence-corrected chi connectivity index (χ1v) is 8.73. The summed E-state index contributed by atoms with van der Waals surface area (Å²) >= 11 is 6.08. The molecule has 26 heavy (non-hydrogen) atoms. The van der Waals surface area contributed by atoms with Crippen LogP contribution in [0.25, 0.3) is 0 Å². The van der Waals surface area contributed by atoms with E-state index in [1.54, 1.807) is 41.0 Å². The van der Waals surface area contributed by atoms with Crippen LogP contribution < -0.4 is 0 Å². The van der Waals surface area contributed by atoms with Gasteiger partial charge in [-0.2, -0.15) is 0 Å². The molecule has 1 fully saturated rings. The molecule has 7 nitrogen and oxygen atoms in total. The molecule has 1 aliphatic heterocycles. The van der Waals surface area contributed by atoms with Gasteiger partial charge in [-0.05, 0) is 17.7 Å². The van der Waals surface area contributed by atoms with Gasteiger partial charge >= 0.3 is 5.97 Å². The summed E-state index contributed by atoms with van der Waals surface area (Å²) in [5.74, 6) is -0.0246. The number of benzene rings is 1. The SMILES string of the molecule is COC(=O)C(c1cccc(Cl)c1)N1CCN(C(=O)c2nccn2C)CC1. The smallest absolute Gasteiger partial charge is 0.327 e. The Labute approximate surface area is 157 Å². The molecule has 2 heterocycles. The molecule has 1 aromatic carbocycles. The van der Waals surface area contributed by atoms with Gasteiger partial charge < -0.3 is 14.2 Å². The second-order valence-electron chi connectivity index (χ2n) is 6.17. The zero-order chi connectivity index (χ0) is 18.7. The van der Waals surface area contributed by atoms with Gasteiger partial charge in [0.05, 0.1) is 7.11 Å². The summed E-state index contributed by atoms with van der Waals surface area (Å²) in [6, 6.07) is 6.68. The van der Waals surface area contributed by atoms with Gasteiger partial charge in [0.25, 0.3) is 5.91 Å². The number of aryl methyl sites for hydroxylation is 1. The molecular weight excluding hydrogens is 356 g/mol. The van der Waals surface area contributed by atoms with E-state index in [0.29, 0.717) is 37.0 Å². The number of imidazole rings is 1. The van der Waals surface area contributed by atoms with Crippen LogP contribution in [-0.4, -0.2) is 64.5 Å². The molecule has 1 saturated heterocycles. The van der Waals surface area contributed by atoms with Gasteiger partial charge in [0.2, 0.25) is 0 Å². The Bertz CT molecular complexity index is 799. The monoisotopic (exact) mass is 376 g/mol. The fraction of sp³-hybridized carbons (Fsp3) is 0.389. The molecule has 0 saturated carbocycles. The van der Waals surface area contributed by atoms with Crippen LogP contribution in [0.1, 0.15) is 22.2 Å². The highest BCUT2D eigenvalue weighted by Gasteiger charge is 2.33. The molecule has 2 aromatic rings. The number of amides is 1. The van der Waals surface area contributed by atoms with Crippen molar-refractivity contribution in [3.8, 4) is 0 Å². The van der Waals surface area contributed by atoms with Crippen molar-refractivity contribution < 1.29 is 14.3 Å². The standard InChI is InChI=1S/C18H21ClN4O3/c1-21-7-6-20-16(21)17(24)23-10-8-22(9-11-23)15(18(25)26-2)13-4-3-5-14(19)12-13/h3-7,12,15H,8-11H2,1-2H3. The first-order valence-electron chi connectivity index (χ1n) is 8.35. The Hall–Kier alpha value is -2.38. The van der Waals surface area contributed by atoms with Gasteiger partial charge in [0, 0.05) is 50.6 Å². The van der Waals surface area contributed by atoms with Crippen LogP contribution >= 0.6 is 11.6 Å². The van der Waals surface area contributed by atoms with Crippen molar-refractivity contribution in [3.63, 3.8) is 0 Å². The van der Waals surface area contributed by atoms with E-state index < -0.39 is 6.04 Å². The minimum absolute atomic E-state index is 0.102. The number of ether oxygens (including phenoxy) is 1. The van der Waals surface area contributed by atoms with Crippen LogP contribution in [0.4, 0.5) is 0 Å². The van der Waals surface area contributed by atoms with Crippen LogP contribution in [0.15, 0.2) is 36.7 Å². The zero-order valence-corrected chi connectivity index (χ0v) is 15.5. The Morgan fingerprint density at radius 3 is 2.54 bits per heavy atom. The summed E-state index contributed by atoms with van der Waals surface area (Å²) in [5.41, 5.74) is 0.785. The summed E-state index contributed by atoms with van der Waals surface area (Å²) < 4.78 is 6.70. The topological polar surface area (TPSA) is 67.7 Å². The predicted octanol–water partition coefficient (Wildman–Crippen LogP) is 1.75. The minimum Gasteiger partial charge on any atom is -0.468 e. The van der Waals surface area contributed by atoms with Crippen molar-refractivity contribution in [2.75, 3.05) is 33.3 Å². The number of carbonyl (C=O) groups is 2. The Morgan fingerprint density at radius 2 is 1.96 bits per heavy atom. The second-order valence-corrected chi connectivity index (χ2v) is 6.61. The molecule has 8 heteroatoms. The molecule has 1 unspecified atom stereocenters. The van der Waals surface area contributed by atoms with Crippen LogP contribution in [0.3, 0.4) is 0 Å². The van der Waals surface area contributed by atoms with Gasteiger partial charge in [0.15, 0.2) is 5.82 Å². The van der Waals surface area contributed by atoms with E-state index in [9.17, 15) is 9.59 Å². The Kier molecular flexibility index (Phi) is 5.58. The van der Waals surface area contributed by atoms with E-state index in [2.05, 4.69) is 4.98 Å². The third-order valence-corrected chi connectivity index (χ3v) is 4.80.